The Morgan fingerprint density at radius 3 is 1.69 bits per heavy atom. The number of benzene rings is 3. The van der Waals surface area contributed by atoms with Crippen LogP contribution in [-0.2, 0) is 19.8 Å². The Kier molecular flexibility index (Phi) is 14.7. The summed E-state index contributed by atoms with van der Waals surface area (Å²) in [6.45, 7) is 8.51. The molecule has 3 nitrogen and oxygen atoms in total. The van der Waals surface area contributed by atoms with Crippen LogP contribution in [0.5, 0.6) is 0 Å². The zero-order valence-electron chi connectivity index (χ0n) is 23.9. The molecule has 210 valence electrons. The average molecular weight is 529 g/mol. The molecule has 0 bridgehead atoms. The highest BCUT2D eigenvalue weighted by Crippen LogP contribution is 2.40. The minimum atomic E-state index is -0.756. The predicted octanol–water partition coefficient (Wildman–Crippen LogP) is 9.11. The zero-order chi connectivity index (χ0) is 27.4. The average Bonchev–Trinajstić information content (AvgIpc) is 3.00. The standard InChI is InChI=1S/C36H48O3/c1-3-5-7-9-10-20-28-37-30-35(38-29-21-8-6-4-2)31-39-36(32-22-14-11-15-23-32,33-24-16-12-17-25-33)34-26-18-13-19-27-34/h4,11-19,22-27,35H,2-3,5-10,20-21,28-31H2,1H3/t35-/m1/s1. The maximum Gasteiger partial charge on any atom is 0.143 e. The number of ether oxygens (including phenoxy) is 3. The highest BCUT2D eigenvalue weighted by atomic mass is 16.6. The number of allylic oxidation sites excluding steroid dienone is 1. The van der Waals surface area contributed by atoms with Gasteiger partial charge < -0.3 is 14.2 Å². The summed E-state index contributed by atoms with van der Waals surface area (Å²) in [7, 11) is 0. The maximum absolute atomic E-state index is 7.03. The van der Waals surface area contributed by atoms with Crippen LogP contribution in [0.2, 0.25) is 0 Å². The molecule has 0 aromatic heterocycles. The summed E-state index contributed by atoms with van der Waals surface area (Å²) < 4.78 is 19.5. The summed E-state index contributed by atoms with van der Waals surface area (Å²) in [5.74, 6) is 0. The predicted molar refractivity (Wildman–Crippen MR) is 163 cm³/mol. The van der Waals surface area contributed by atoms with Crippen molar-refractivity contribution in [1.82, 2.24) is 0 Å². The van der Waals surface area contributed by atoms with Crippen molar-refractivity contribution in [2.45, 2.75) is 76.4 Å². The zero-order valence-corrected chi connectivity index (χ0v) is 23.9. The number of hydrogen-bond acceptors (Lipinski definition) is 3. The van der Waals surface area contributed by atoms with Crippen LogP contribution in [0.15, 0.2) is 104 Å². The van der Waals surface area contributed by atoms with E-state index in [1.807, 2.05) is 6.08 Å². The molecule has 3 rings (SSSR count). The SMILES string of the molecule is C=CCCCCO[C@H](COCCCCCCCC)COC(c1ccccc1)(c1ccccc1)c1ccccc1. The number of rotatable bonds is 21. The van der Waals surface area contributed by atoms with E-state index < -0.39 is 5.60 Å². The Morgan fingerprint density at radius 1 is 0.641 bits per heavy atom. The van der Waals surface area contributed by atoms with Gasteiger partial charge in [-0.15, -0.1) is 6.58 Å². The third-order valence-corrected chi connectivity index (χ3v) is 7.13. The maximum atomic E-state index is 7.03. The first-order valence-electron chi connectivity index (χ1n) is 14.9. The molecule has 0 aliphatic rings. The van der Waals surface area contributed by atoms with E-state index in [2.05, 4.69) is 104 Å². The topological polar surface area (TPSA) is 27.7 Å². The monoisotopic (exact) mass is 528 g/mol. The third-order valence-electron chi connectivity index (χ3n) is 7.13. The number of hydrogen-bond donors (Lipinski definition) is 0. The van der Waals surface area contributed by atoms with E-state index in [1.165, 1.54) is 32.1 Å². The normalized spacial score (nSPS) is 12.3. The molecule has 3 aromatic rings. The molecule has 0 spiro atoms. The van der Waals surface area contributed by atoms with Gasteiger partial charge in [0.2, 0.25) is 0 Å². The van der Waals surface area contributed by atoms with Gasteiger partial charge in [0, 0.05) is 13.2 Å². The van der Waals surface area contributed by atoms with Gasteiger partial charge in [0.15, 0.2) is 0 Å². The Morgan fingerprint density at radius 2 is 1.15 bits per heavy atom. The van der Waals surface area contributed by atoms with Crippen LogP contribution in [0.1, 0.15) is 81.4 Å². The molecule has 1 atom stereocenters. The summed E-state index contributed by atoms with van der Waals surface area (Å²) in [6.07, 6.45) is 12.4. The largest absolute Gasteiger partial charge is 0.379 e. The molecular weight excluding hydrogens is 480 g/mol. The third kappa shape index (κ3) is 10.1. The van der Waals surface area contributed by atoms with Crippen molar-refractivity contribution < 1.29 is 14.2 Å². The molecule has 39 heavy (non-hydrogen) atoms. The lowest BCUT2D eigenvalue weighted by Crippen LogP contribution is -2.37. The van der Waals surface area contributed by atoms with Gasteiger partial charge in [-0.3, -0.25) is 0 Å². The Hall–Kier alpha value is -2.72. The van der Waals surface area contributed by atoms with Crippen LogP contribution < -0.4 is 0 Å². The van der Waals surface area contributed by atoms with Gasteiger partial charge in [-0.1, -0.05) is 136 Å². The van der Waals surface area contributed by atoms with Crippen LogP contribution in [0.4, 0.5) is 0 Å². The molecule has 0 saturated heterocycles. The van der Waals surface area contributed by atoms with Crippen LogP contribution in [0.3, 0.4) is 0 Å². The summed E-state index contributed by atoms with van der Waals surface area (Å²) in [5.41, 5.74) is 2.54. The fourth-order valence-corrected chi connectivity index (χ4v) is 4.97. The van der Waals surface area contributed by atoms with Crippen molar-refractivity contribution in [1.29, 1.82) is 0 Å². The van der Waals surface area contributed by atoms with Gasteiger partial charge in [0.05, 0.1) is 13.2 Å². The van der Waals surface area contributed by atoms with Crippen LogP contribution in [-0.4, -0.2) is 32.5 Å². The molecule has 0 amide bonds. The highest BCUT2D eigenvalue weighted by molar-refractivity contribution is 5.47. The molecule has 0 fully saturated rings. The first kappa shape index (κ1) is 30.8. The van der Waals surface area contributed by atoms with Crippen molar-refractivity contribution in [2.75, 3.05) is 26.4 Å². The molecule has 0 saturated carbocycles. The van der Waals surface area contributed by atoms with Gasteiger partial charge >= 0.3 is 0 Å². The first-order chi connectivity index (χ1) is 19.3. The molecular formula is C36H48O3. The van der Waals surface area contributed by atoms with Gasteiger partial charge in [-0.25, -0.2) is 0 Å². The second-order valence-corrected chi connectivity index (χ2v) is 10.2. The Bertz CT molecular complexity index is 907. The quantitative estimate of drug-likeness (QED) is 0.0784. The van der Waals surface area contributed by atoms with Crippen molar-refractivity contribution in [3.8, 4) is 0 Å². The molecule has 0 heterocycles. The van der Waals surface area contributed by atoms with Gasteiger partial charge in [-0.2, -0.15) is 0 Å². The van der Waals surface area contributed by atoms with E-state index in [1.54, 1.807) is 0 Å². The van der Waals surface area contributed by atoms with Crippen molar-refractivity contribution in [3.05, 3.63) is 120 Å². The first-order valence-corrected chi connectivity index (χ1v) is 14.9. The van der Waals surface area contributed by atoms with Crippen LogP contribution in [0.25, 0.3) is 0 Å². The number of unbranched alkanes of at least 4 members (excludes halogenated alkanes) is 7. The van der Waals surface area contributed by atoms with Crippen LogP contribution in [0, 0.1) is 0 Å². The molecule has 0 unspecified atom stereocenters. The lowest BCUT2D eigenvalue weighted by atomic mass is 9.80. The van der Waals surface area contributed by atoms with Crippen LogP contribution >= 0.6 is 0 Å². The van der Waals surface area contributed by atoms with E-state index in [0.29, 0.717) is 19.8 Å². The molecule has 0 radical (unpaired) electrons. The minimum absolute atomic E-state index is 0.149. The minimum Gasteiger partial charge on any atom is -0.379 e. The van der Waals surface area contributed by atoms with E-state index in [9.17, 15) is 0 Å². The van der Waals surface area contributed by atoms with E-state index in [-0.39, 0.29) is 6.10 Å². The summed E-state index contributed by atoms with van der Waals surface area (Å²) >= 11 is 0. The molecule has 3 heteroatoms. The Balaban J connectivity index is 1.76. The van der Waals surface area contributed by atoms with E-state index in [4.69, 9.17) is 14.2 Å². The lowest BCUT2D eigenvalue weighted by molar-refractivity contribution is -0.0922. The van der Waals surface area contributed by atoms with E-state index >= 15 is 0 Å². The van der Waals surface area contributed by atoms with E-state index in [0.717, 1.165) is 49.0 Å². The molecule has 0 N–H and O–H groups in total. The highest BCUT2D eigenvalue weighted by Gasteiger charge is 2.38. The Labute approximate surface area is 237 Å². The fraction of sp³-hybridized carbons (Fsp3) is 0.444. The van der Waals surface area contributed by atoms with Crippen molar-refractivity contribution in [2.24, 2.45) is 0 Å². The second-order valence-electron chi connectivity index (χ2n) is 10.2. The molecule has 0 aliphatic carbocycles. The molecule has 3 aromatic carbocycles. The van der Waals surface area contributed by atoms with Crippen molar-refractivity contribution in [3.63, 3.8) is 0 Å². The summed E-state index contributed by atoms with van der Waals surface area (Å²) in [5, 5.41) is 0. The van der Waals surface area contributed by atoms with Gasteiger partial charge in [0.25, 0.3) is 0 Å². The molecule has 0 aliphatic heterocycles. The van der Waals surface area contributed by atoms with Crippen molar-refractivity contribution >= 4 is 0 Å². The second kappa shape index (κ2) is 18.5. The lowest BCUT2D eigenvalue weighted by Gasteiger charge is -2.37. The van der Waals surface area contributed by atoms with Gasteiger partial charge in [-0.05, 0) is 42.4 Å². The fourth-order valence-electron chi connectivity index (χ4n) is 4.97. The van der Waals surface area contributed by atoms with Gasteiger partial charge in [0.1, 0.15) is 11.7 Å². The smallest absolute Gasteiger partial charge is 0.143 e. The summed E-state index contributed by atoms with van der Waals surface area (Å²) in [4.78, 5) is 0. The summed E-state index contributed by atoms with van der Waals surface area (Å²) in [6, 6.07) is 31.6.